The van der Waals surface area contributed by atoms with E-state index in [1.165, 1.54) is 22.7 Å². The van der Waals surface area contributed by atoms with Crippen molar-refractivity contribution in [2.24, 2.45) is 0 Å². The number of nitrogens with one attached hydrogen (secondary N) is 2. The van der Waals surface area contributed by atoms with E-state index in [4.69, 9.17) is 9.47 Å². The summed E-state index contributed by atoms with van der Waals surface area (Å²) in [7, 11) is 0. The number of anilines is 1. The summed E-state index contributed by atoms with van der Waals surface area (Å²) < 4.78 is 81.7. The van der Waals surface area contributed by atoms with Crippen LogP contribution in [0.15, 0.2) is 54.7 Å². The highest BCUT2D eigenvalue weighted by Gasteiger charge is 2.37. The Hall–Kier alpha value is -4.72. The Morgan fingerprint density at radius 2 is 1.77 bits per heavy atom. The van der Waals surface area contributed by atoms with E-state index >= 15 is 0 Å². The number of nitrogens with zero attached hydrogens (tertiary/aromatic N) is 3. The summed E-state index contributed by atoms with van der Waals surface area (Å²) >= 11 is 0. The second kappa shape index (κ2) is 11.4. The van der Waals surface area contributed by atoms with E-state index in [9.17, 15) is 31.5 Å². The van der Waals surface area contributed by atoms with E-state index in [-0.39, 0.29) is 46.1 Å². The number of ether oxygens (including phenoxy) is 2. The predicted molar refractivity (Wildman–Crippen MR) is 149 cm³/mol. The SMILES string of the molecule is Cc1nc2c(OCc3c(F)cccc3F)cccn2c1C(=O)NC1CNN(C(=O)OC(C)(C)C)c2ccc(C(F)(F)F)cc21. The average Bonchev–Trinajstić information content (AvgIpc) is 3.27. The number of aryl methyl sites for hydroxylation is 1. The van der Waals surface area contributed by atoms with Gasteiger partial charge in [-0.25, -0.2) is 29.0 Å². The lowest BCUT2D eigenvalue weighted by Crippen LogP contribution is -2.53. The van der Waals surface area contributed by atoms with Crippen molar-refractivity contribution in [1.29, 1.82) is 0 Å². The van der Waals surface area contributed by atoms with Gasteiger partial charge in [-0.1, -0.05) is 6.07 Å². The minimum atomic E-state index is -4.68. The normalized spacial score (nSPS) is 15.2. The maximum atomic E-state index is 14.1. The monoisotopic (exact) mass is 617 g/mol. The zero-order valence-corrected chi connectivity index (χ0v) is 24.1. The second-order valence-corrected chi connectivity index (χ2v) is 11.1. The number of benzene rings is 2. The number of carbonyl (C=O) groups is 2. The van der Waals surface area contributed by atoms with Crippen molar-refractivity contribution in [3.8, 4) is 5.75 Å². The summed E-state index contributed by atoms with van der Waals surface area (Å²) in [5, 5.41) is 3.75. The largest absolute Gasteiger partial charge is 0.485 e. The van der Waals surface area contributed by atoms with Crippen molar-refractivity contribution in [2.75, 3.05) is 11.6 Å². The molecule has 2 aromatic heterocycles. The van der Waals surface area contributed by atoms with Gasteiger partial charge in [-0.2, -0.15) is 13.2 Å². The van der Waals surface area contributed by atoms with E-state index in [1.807, 2.05) is 0 Å². The van der Waals surface area contributed by atoms with Crippen LogP contribution >= 0.6 is 0 Å². The van der Waals surface area contributed by atoms with Gasteiger partial charge >= 0.3 is 12.3 Å². The van der Waals surface area contributed by atoms with E-state index in [0.29, 0.717) is 0 Å². The molecule has 1 unspecified atom stereocenters. The third-order valence-corrected chi connectivity index (χ3v) is 6.74. The van der Waals surface area contributed by atoms with Crippen molar-refractivity contribution in [3.63, 3.8) is 0 Å². The molecule has 1 aliphatic rings. The number of carbonyl (C=O) groups excluding carboxylic acids is 2. The molecule has 0 aliphatic carbocycles. The number of pyridine rings is 1. The molecule has 0 bridgehead atoms. The Morgan fingerprint density at radius 3 is 2.43 bits per heavy atom. The van der Waals surface area contributed by atoms with Gasteiger partial charge in [-0.05, 0) is 70.2 Å². The molecule has 3 heterocycles. The molecule has 1 aliphatic heterocycles. The fourth-order valence-electron chi connectivity index (χ4n) is 4.78. The summed E-state index contributed by atoms with van der Waals surface area (Å²) in [5.41, 5.74) is 1.34. The smallest absolute Gasteiger partial charge is 0.429 e. The third-order valence-electron chi connectivity index (χ3n) is 6.74. The van der Waals surface area contributed by atoms with Gasteiger partial charge in [0, 0.05) is 18.3 Å². The van der Waals surface area contributed by atoms with Gasteiger partial charge in [0.15, 0.2) is 11.4 Å². The Balaban J connectivity index is 1.45. The molecule has 2 amide bonds. The van der Waals surface area contributed by atoms with Crippen molar-refractivity contribution < 1.29 is 41.0 Å². The van der Waals surface area contributed by atoms with Crippen molar-refractivity contribution >= 4 is 23.3 Å². The molecule has 14 heteroatoms. The lowest BCUT2D eigenvalue weighted by molar-refractivity contribution is -0.137. The molecule has 0 saturated carbocycles. The molecular formula is C30H28F5N5O4. The highest BCUT2D eigenvalue weighted by atomic mass is 19.4. The molecule has 4 aromatic rings. The van der Waals surface area contributed by atoms with Gasteiger partial charge in [-0.3, -0.25) is 9.20 Å². The molecule has 1 atom stereocenters. The van der Waals surface area contributed by atoms with Gasteiger partial charge in [0.25, 0.3) is 5.91 Å². The maximum Gasteiger partial charge on any atom is 0.429 e. The van der Waals surface area contributed by atoms with Crippen LogP contribution in [-0.2, 0) is 17.5 Å². The standard InChI is InChI=1S/C30H28F5N5O4/c1-16-25(39-12-6-9-24(26(39)37-16)43-15-19-20(31)7-5-8-21(19)32)27(41)38-22-14-36-40(28(42)44-29(2,3)4)23-11-10-17(13-18(22)23)30(33,34)35/h5-13,22,36H,14-15H2,1-4H3,(H,38,41). The molecular weight excluding hydrogens is 589 g/mol. The van der Waals surface area contributed by atoms with Crippen molar-refractivity contribution in [3.05, 3.63) is 94.4 Å². The minimum Gasteiger partial charge on any atom is -0.485 e. The first kappa shape index (κ1) is 30.7. The second-order valence-electron chi connectivity index (χ2n) is 11.1. The quantitative estimate of drug-likeness (QED) is 0.257. The first-order valence-electron chi connectivity index (χ1n) is 13.5. The molecule has 44 heavy (non-hydrogen) atoms. The molecule has 0 spiro atoms. The van der Waals surface area contributed by atoms with Crippen LogP contribution in [0.2, 0.25) is 0 Å². The van der Waals surface area contributed by atoms with Gasteiger partial charge in [0.2, 0.25) is 0 Å². The number of hydrogen-bond acceptors (Lipinski definition) is 6. The number of imidazole rings is 1. The van der Waals surface area contributed by atoms with Crippen LogP contribution in [0.1, 0.15) is 59.7 Å². The van der Waals surface area contributed by atoms with Gasteiger partial charge in [0.1, 0.15) is 29.5 Å². The molecule has 0 fully saturated rings. The number of halogens is 5. The molecule has 9 nitrogen and oxygen atoms in total. The number of alkyl halides is 3. The summed E-state index contributed by atoms with van der Waals surface area (Å²) in [6.45, 7) is 5.93. The molecule has 2 aromatic carbocycles. The fraction of sp³-hybridized carbons (Fsp3) is 0.300. The topological polar surface area (TPSA) is 97.2 Å². The van der Waals surface area contributed by atoms with Gasteiger partial charge < -0.3 is 14.8 Å². The Labute approximate surface area is 248 Å². The Bertz CT molecular complexity index is 1730. The lowest BCUT2D eigenvalue weighted by Gasteiger charge is -2.36. The van der Waals surface area contributed by atoms with Crippen LogP contribution in [-0.4, -0.2) is 33.5 Å². The highest BCUT2D eigenvalue weighted by molar-refractivity contribution is 5.96. The van der Waals surface area contributed by atoms with Gasteiger partial charge in [0.05, 0.1) is 28.6 Å². The minimum absolute atomic E-state index is 0.0418. The molecule has 232 valence electrons. The van der Waals surface area contributed by atoms with Crippen LogP contribution in [0.3, 0.4) is 0 Å². The maximum absolute atomic E-state index is 14.1. The fourth-order valence-corrected chi connectivity index (χ4v) is 4.78. The average molecular weight is 618 g/mol. The number of hydrazine groups is 1. The number of amides is 2. The van der Waals surface area contributed by atoms with Crippen LogP contribution < -0.4 is 20.5 Å². The highest BCUT2D eigenvalue weighted by Crippen LogP contribution is 2.37. The summed E-state index contributed by atoms with van der Waals surface area (Å²) in [6.07, 6.45) is -3.98. The van der Waals surface area contributed by atoms with Crippen LogP contribution in [0.4, 0.5) is 32.4 Å². The number of hydrogen-bond donors (Lipinski definition) is 2. The van der Waals surface area contributed by atoms with E-state index in [1.54, 1.807) is 33.8 Å². The van der Waals surface area contributed by atoms with Gasteiger partial charge in [-0.15, -0.1) is 0 Å². The number of aromatic nitrogens is 2. The summed E-state index contributed by atoms with van der Waals surface area (Å²) in [5.74, 6) is -2.09. The molecule has 2 N–H and O–H groups in total. The molecule has 5 rings (SSSR count). The van der Waals surface area contributed by atoms with Crippen LogP contribution in [0.5, 0.6) is 5.75 Å². The van der Waals surface area contributed by atoms with Crippen molar-refractivity contribution in [2.45, 2.75) is 52.1 Å². The van der Waals surface area contributed by atoms with E-state index in [2.05, 4.69) is 15.7 Å². The van der Waals surface area contributed by atoms with Crippen LogP contribution in [0.25, 0.3) is 5.65 Å². The molecule has 0 saturated heterocycles. The van der Waals surface area contributed by atoms with Crippen molar-refractivity contribution in [1.82, 2.24) is 20.1 Å². The Morgan fingerprint density at radius 1 is 1.07 bits per heavy atom. The zero-order valence-electron chi connectivity index (χ0n) is 24.1. The zero-order chi connectivity index (χ0) is 32.0. The first-order chi connectivity index (χ1) is 20.6. The number of fused-ring (bicyclic) bond motifs is 2. The number of rotatable bonds is 5. The van der Waals surface area contributed by atoms with E-state index in [0.717, 1.165) is 35.3 Å². The summed E-state index contributed by atoms with van der Waals surface area (Å²) in [6, 6.07) is 8.37. The molecule has 0 radical (unpaired) electrons. The van der Waals surface area contributed by atoms with E-state index < -0.39 is 53.6 Å². The van der Waals surface area contributed by atoms with Crippen LogP contribution in [0, 0.1) is 18.6 Å². The lowest BCUT2D eigenvalue weighted by atomic mass is 9.99. The first-order valence-corrected chi connectivity index (χ1v) is 13.5. The third kappa shape index (κ3) is 6.16. The predicted octanol–water partition coefficient (Wildman–Crippen LogP) is 6.25. The summed E-state index contributed by atoms with van der Waals surface area (Å²) in [4.78, 5) is 30.9. The Kier molecular flexibility index (Phi) is 7.97.